The second kappa shape index (κ2) is 13.1. The number of nitrogens with zero attached hydrogens (tertiary/aromatic N) is 4. The molecule has 41 heavy (non-hydrogen) atoms. The van der Waals surface area contributed by atoms with Crippen LogP contribution in [-0.2, 0) is 30.5 Å². The minimum atomic E-state index is -4.59. The first-order valence-corrected chi connectivity index (χ1v) is 13.0. The molecule has 0 saturated heterocycles. The van der Waals surface area contributed by atoms with Gasteiger partial charge in [-0.2, -0.15) is 18.4 Å². The normalized spacial score (nSPS) is 11.0. The number of alkyl halides is 3. The minimum Gasteiger partial charge on any atom is -0.497 e. The van der Waals surface area contributed by atoms with Crippen molar-refractivity contribution < 1.29 is 22.7 Å². The maximum atomic E-state index is 13.7. The SMILES string of the molecule is COc1ccc(NC(=S)N(Cc2ccccc2C(F)(F)F)C(=O)CCc2cncn2Cc2ccc(C#N)cc2)cc1. The molecule has 0 aliphatic heterocycles. The maximum Gasteiger partial charge on any atom is 0.416 e. The van der Waals surface area contributed by atoms with E-state index in [4.69, 9.17) is 22.2 Å². The van der Waals surface area contributed by atoms with Crippen molar-refractivity contribution in [1.82, 2.24) is 14.5 Å². The largest absolute Gasteiger partial charge is 0.497 e. The first kappa shape index (κ1) is 29.3. The molecule has 7 nitrogen and oxygen atoms in total. The van der Waals surface area contributed by atoms with E-state index in [-0.39, 0.29) is 30.1 Å². The monoisotopic (exact) mass is 577 g/mol. The summed E-state index contributed by atoms with van der Waals surface area (Å²) in [6, 6.07) is 21.1. The average Bonchev–Trinajstić information content (AvgIpc) is 3.41. The van der Waals surface area contributed by atoms with Crippen LogP contribution in [0.4, 0.5) is 18.9 Å². The van der Waals surface area contributed by atoms with E-state index in [0.717, 1.165) is 22.2 Å². The number of rotatable bonds is 9. The van der Waals surface area contributed by atoms with Crippen molar-refractivity contribution in [3.8, 4) is 11.8 Å². The summed E-state index contributed by atoms with van der Waals surface area (Å²) in [5, 5.41) is 11.9. The molecular formula is C30H26F3N5O2S. The number of imidazole rings is 1. The lowest BCUT2D eigenvalue weighted by atomic mass is 10.1. The highest BCUT2D eigenvalue weighted by molar-refractivity contribution is 7.80. The van der Waals surface area contributed by atoms with Gasteiger partial charge in [0.1, 0.15) is 5.75 Å². The van der Waals surface area contributed by atoms with Crippen LogP contribution in [0.25, 0.3) is 0 Å². The van der Waals surface area contributed by atoms with Gasteiger partial charge in [0.05, 0.1) is 37.2 Å². The van der Waals surface area contributed by atoms with E-state index in [1.807, 2.05) is 16.7 Å². The van der Waals surface area contributed by atoms with Crippen LogP contribution in [0.2, 0.25) is 0 Å². The van der Waals surface area contributed by atoms with E-state index in [1.54, 1.807) is 48.9 Å². The predicted octanol–water partition coefficient (Wildman–Crippen LogP) is 6.19. The highest BCUT2D eigenvalue weighted by Crippen LogP contribution is 2.32. The number of thiocarbonyl (C=S) groups is 1. The number of ether oxygens (including phenoxy) is 1. The number of methoxy groups -OCH3 is 1. The molecule has 0 radical (unpaired) electrons. The van der Waals surface area contributed by atoms with E-state index in [9.17, 15) is 18.0 Å². The Balaban J connectivity index is 1.53. The zero-order valence-corrected chi connectivity index (χ0v) is 22.9. The summed E-state index contributed by atoms with van der Waals surface area (Å²) in [6.07, 6.45) is -1.02. The Labute approximate surface area is 240 Å². The number of nitriles is 1. The molecule has 0 aliphatic carbocycles. The van der Waals surface area contributed by atoms with Crippen molar-refractivity contribution in [3.05, 3.63) is 113 Å². The van der Waals surface area contributed by atoms with Crippen LogP contribution in [0.5, 0.6) is 5.75 Å². The number of nitrogens with one attached hydrogen (secondary N) is 1. The number of carbonyl (C=O) groups is 1. The van der Waals surface area contributed by atoms with Gasteiger partial charge in [0.25, 0.3) is 0 Å². The van der Waals surface area contributed by atoms with Gasteiger partial charge >= 0.3 is 6.18 Å². The number of aromatic nitrogens is 2. The zero-order valence-electron chi connectivity index (χ0n) is 22.1. The minimum absolute atomic E-state index is 0.0162. The third-order valence-corrected chi connectivity index (χ3v) is 6.69. The molecule has 0 fully saturated rings. The van der Waals surface area contributed by atoms with Crippen LogP contribution < -0.4 is 10.1 Å². The lowest BCUT2D eigenvalue weighted by molar-refractivity contribution is -0.139. The van der Waals surface area contributed by atoms with Crippen LogP contribution in [-0.4, -0.2) is 32.6 Å². The Bertz CT molecular complexity index is 1540. The van der Waals surface area contributed by atoms with Crippen molar-refractivity contribution in [2.75, 3.05) is 12.4 Å². The van der Waals surface area contributed by atoms with Gasteiger partial charge in [-0.1, -0.05) is 30.3 Å². The molecule has 0 bridgehead atoms. The van der Waals surface area contributed by atoms with Gasteiger partial charge in [0.2, 0.25) is 5.91 Å². The fourth-order valence-corrected chi connectivity index (χ4v) is 4.48. The second-order valence-electron chi connectivity index (χ2n) is 9.12. The van der Waals surface area contributed by atoms with E-state index in [0.29, 0.717) is 23.5 Å². The third kappa shape index (κ3) is 7.70. The molecule has 1 aromatic heterocycles. The fourth-order valence-electron chi connectivity index (χ4n) is 4.19. The predicted molar refractivity (Wildman–Crippen MR) is 152 cm³/mol. The Kier molecular flexibility index (Phi) is 9.37. The highest BCUT2D eigenvalue weighted by atomic mass is 32.1. The Morgan fingerprint density at radius 2 is 1.80 bits per heavy atom. The number of aryl methyl sites for hydroxylation is 1. The standard InChI is InChI=1S/C30H26F3N5O2S/c1-40-26-13-10-24(11-14-26)36-29(41)38(19-23-4-2-3-5-27(23)30(31,32)33)28(39)15-12-25-17-35-20-37(25)18-22-8-6-21(16-34)7-9-22/h2-11,13-14,17,20H,12,15,18-19H2,1H3,(H,36,41). The molecule has 0 atom stereocenters. The Hall–Kier alpha value is -4.69. The van der Waals surface area contributed by atoms with Gasteiger partial charge in [-0.15, -0.1) is 0 Å². The van der Waals surface area contributed by atoms with Crippen molar-refractivity contribution in [2.24, 2.45) is 0 Å². The van der Waals surface area contributed by atoms with Gasteiger partial charge in [-0.05, 0) is 72.2 Å². The van der Waals surface area contributed by atoms with Crippen LogP contribution in [0.1, 0.15) is 34.4 Å². The molecule has 0 saturated carbocycles. The first-order valence-electron chi connectivity index (χ1n) is 12.6. The number of halogens is 3. The molecule has 1 amide bonds. The summed E-state index contributed by atoms with van der Waals surface area (Å²) in [7, 11) is 1.53. The molecular weight excluding hydrogens is 551 g/mol. The number of hydrogen-bond acceptors (Lipinski definition) is 5. The second-order valence-corrected chi connectivity index (χ2v) is 9.50. The lowest BCUT2D eigenvalue weighted by Gasteiger charge is -2.26. The van der Waals surface area contributed by atoms with Crippen molar-refractivity contribution in [1.29, 1.82) is 5.26 Å². The number of hydrogen-bond donors (Lipinski definition) is 1. The van der Waals surface area contributed by atoms with Crippen LogP contribution in [0.15, 0.2) is 85.3 Å². The molecule has 11 heteroatoms. The van der Waals surface area contributed by atoms with Gasteiger partial charge in [-0.25, -0.2) is 4.98 Å². The molecule has 0 aliphatic rings. The van der Waals surface area contributed by atoms with Crippen molar-refractivity contribution in [3.63, 3.8) is 0 Å². The van der Waals surface area contributed by atoms with E-state index in [1.165, 1.54) is 25.3 Å². The highest BCUT2D eigenvalue weighted by Gasteiger charge is 2.34. The number of anilines is 1. The van der Waals surface area contributed by atoms with Gasteiger partial charge in [0, 0.05) is 30.5 Å². The van der Waals surface area contributed by atoms with Crippen molar-refractivity contribution in [2.45, 2.75) is 32.1 Å². The topological polar surface area (TPSA) is 83.2 Å². The number of benzene rings is 3. The smallest absolute Gasteiger partial charge is 0.416 e. The van der Waals surface area contributed by atoms with Crippen LogP contribution in [0, 0.1) is 11.3 Å². The quantitative estimate of drug-likeness (QED) is 0.239. The molecule has 0 unspecified atom stereocenters. The van der Waals surface area contributed by atoms with Gasteiger partial charge < -0.3 is 14.6 Å². The third-order valence-electron chi connectivity index (χ3n) is 6.37. The van der Waals surface area contributed by atoms with Gasteiger partial charge in [0.15, 0.2) is 5.11 Å². The Morgan fingerprint density at radius 1 is 1.10 bits per heavy atom. The summed E-state index contributed by atoms with van der Waals surface area (Å²) < 4.78 is 48.2. The molecule has 1 N–H and O–H groups in total. The molecule has 0 spiro atoms. The van der Waals surface area contributed by atoms with E-state index < -0.39 is 17.6 Å². The Morgan fingerprint density at radius 3 is 2.46 bits per heavy atom. The molecule has 4 rings (SSSR count). The summed E-state index contributed by atoms with van der Waals surface area (Å²) in [6.45, 7) is 0.121. The summed E-state index contributed by atoms with van der Waals surface area (Å²) >= 11 is 5.52. The molecule has 4 aromatic rings. The summed E-state index contributed by atoms with van der Waals surface area (Å²) in [5.41, 5.74) is 1.93. The first-order chi connectivity index (χ1) is 19.7. The number of amides is 1. The summed E-state index contributed by atoms with van der Waals surface area (Å²) in [4.78, 5) is 18.9. The van der Waals surface area contributed by atoms with Crippen LogP contribution >= 0.6 is 12.2 Å². The lowest BCUT2D eigenvalue weighted by Crippen LogP contribution is -2.40. The van der Waals surface area contributed by atoms with Gasteiger partial charge in [-0.3, -0.25) is 9.69 Å². The molecule has 1 heterocycles. The van der Waals surface area contributed by atoms with E-state index in [2.05, 4.69) is 16.4 Å². The zero-order chi connectivity index (χ0) is 29.4. The molecule has 3 aromatic carbocycles. The average molecular weight is 578 g/mol. The maximum absolute atomic E-state index is 13.7. The van der Waals surface area contributed by atoms with Crippen molar-refractivity contribution >= 4 is 28.9 Å². The summed E-state index contributed by atoms with van der Waals surface area (Å²) in [5.74, 6) is 0.172. The van der Waals surface area contributed by atoms with Crippen LogP contribution in [0.3, 0.4) is 0 Å². The number of carbonyl (C=O) groups excluding carboxylic acids is 1. The fraction of sp³-hybridized carbons (Fsp3) is 0.200. The molecule has 210 valence electrons. The van der Waals surface area contributed by atoms with E-state index >= 15 is 0 Å².